The van der Waals surface area contributed by atoms with E-state index < -0.39 is 0 Å². The smallest absolute Gasteiger partial charge is 0.267 e. The number of halogens is 1. The van der Waals surface area contributed by atoms with Gasteiger partial charge in [-0.05, 0) is 49.2 Å². The molecular weight excluding hydrogens is 394 g/mol. The fraction of sp³-hybridized carbons (Fsp3) is 0.150. The summed E-state index contributed by atoms with van der Waals surface area (Å²) in [6.45, 7) is 3.79. The maximum absolute atomic E-state index is 12.4. The van der Waals surface area contributed by atoms with Crippen molar-refractivity contribution in [1.29, 1.82) is 0 Å². The molecule has 26 heavy (non-hydrogen) atoms. The molecule has 0 bridgehead atoms. The Morgan fingerprint density at radius 1 is 1.08 bits per heavy atom. The SMILES string of the molecule is Cc1cccc(NC(=O)Cn2nc(-c3ccc(Br)cc3)ccc2=O)c1C. The normalized spacial score (nSPS) is 10.6. The second kappa shape index (κ2) is 7.66. The highest BCUT2D eigenvalue weighted by Gasteiger charge is 2.10. The summed E-state index contributed by atoms with van der Waals surface area (Å²) < 4.78 is 2.14. The summed E-state index contributed by atoms with van der Waals surface area (Å²) >= 11 is 3.39. The van der Waals surface area contributed by atoms with E-state index in [1.54, 1.807) is 6.07 Å². The lowest BCUT2D eigenvalue weighted by Crippen LogP contribution is -2.29. The lowest BCUT2D eigenvalue weighted by atomic mass is 10.1. The number of benzene rings is 2. The molecule has 3 rings (SSSR count). The summed E-state index contributed by atoms with van der Waals surface area (Å²) in [6.07, 6.45) is 0. The van der Waals surface area contributed by atoms with E-state index in [1.165, 1.54) is 10.7 Å². The van der Waals surface area contributed by atoms with Gasteiger partial charge in [-0.25, -0.2) is 4.68 Å². The minimum Gasteiger partial charge on any atom is -0.324 e. The van der Waals surface area contributed by atoms with Gasteiger partial charge in [0, 0.05) is 21.8 Å². The Kier molecular flexibility index (Phi) is 5.32. The van der Waals surface area contributed by atoms with Gasteiger partial charge in [-0.15, -0.1) is 0 Å². The van der Waals surface area contributed by atoms with Crippen molar-refractivity contribution in [3.63, 3.8) is 0 Å². The van der Waals surface area contributed by atoms with Crippen LogP contribution in [0.3, 0.4) is 0 Å². The molecule has 0 aliphatic heterocycles. The average molecular weight is 412 g/mol. The van der Waals surface area contributed by atoms with Crippen LogP contribution in [0.1, 0.15) is 11.1 Å². The van der Waals surface area contributed by atoms with Crippen molar-refractivity contribution >= 4 is 27.5 Å². The molecule has 1 heterocycles. The van der Waals surface area contributed by atoms with Crippen LogP contribution in [0.15, 0.2) is 63.9 Å². The molecular formula is C20H18BrN3O2. The highest BCUT2D eigenvalue weighted by Crippen LogP contribution is 2.19. The molecule has 6 heteroatoms. The minimum atomic E-state index is -0.318. The van der Waals surface area contributed by atoms with Gasteiger partial charge in [-0.3, -0.25) is 9.59 Å². The minimum absolute atomic E-state index is 0.142. The molecule has 3 aromatic rings. The monoisotopic (exact) mass is 411 g/mol. The van der Waals surface area contributed by atoms with Crippen molar-refractivity contribution in [3.05, 3.63) is 80.6 Å². The first-order valence-corrected chi connectivity index (χ1v) is 8.93. The number of hydrogen-bond donors (Lipinski definition) is 1. The van der Waals surface area contributed by atoms with Crippen molar-refractivity contribution in [3.8, 4) is 11.3 Å². The Balaban J connectivity index is 1.82. The molecule has 0 saturated heterocycles. The van der Waals surface area contributed by atoms with E-state index in [-0.39, 0.29) is 18.0 Å². The molecule has 0 fully saturated rings. The van der Waals surface area contributed by atoms with E-state index in [0.29, 0.717) is 5.69 Å². The number of aryl methyl sites for hydroxylation is 1. The molecule has 2 aromatic carbocycles. The van der Waals surface area contributed by atoms with Gasteiger partial charge in [-0.2, -0.15) is 5.10 Å². The third kappa shape index (κ3) is 4.08. The highest BCUT2D eigenvalue weighted by molar-refractivity contribution is 9.10. The fourth-order valence-corrected chi connectivity index (χ4v) is 2.81. The number of carbonyl (C=O) groups excluding carboxylic acids is 1. The van der Waals surface area contributed by atoms with Crippen LogP contribution in [0.5, 0.6) is 0 Å². The third-order valence-electron chi connectivity index (χ3n) is 4.18. The second-order valence-electron chi connectivity index (χ2n) is 6.02. The topological polar surface area (TPSA) is 64.0 Å². The zero-order valence-electron chi connectivity index (χ0n) is 14.5. The number of nitrogens with zero attached hydrogens (tertiary/aromatic N) is 2. The second-order valence-corrected chi connectivity index (χ2v) is 6.93. The molecule has 0 aliphatic carbocycles. The van der Waals surface area contributed by atoms with Crippen LogP contribution in [-0.2, 0) is 11.3 Å². The molecule has 0 aliphatic rings. The van der Waals surface area contributed by atoms with Crippen molar-refractivity contribution in [2.45, 2.75) is 20.4 Å². The lowest BCUT2D eigenvalue weighted by Gasteiger charge is -2.11. The molecule has 0 saturated carbocycles. The molecule has 1 aromatic heterocycles. The summed E-state index contributed by atoms with van der Waals surface area (Å²) in [6, 6.07) is 16.4. The fourth-order valence-electron chi connectivity index (χ4n) is 2.55. The Morgan fingerprint density at radius 2 is 1.81 bits per heavy atom. The van der Waals surface area contributed by atoms with Crippen LogP contribution in [0.25, 0.3) is 11.3 Å². The lowest BCUT2D eigenvalue weighted by molar-refractivity contribution is -0.117. The molecule has 0 spiro atoms. The highest BCUT2D eigenvalue weighted by atomic mass is 79.9. The van der Waals surface area contributed by atoms with Crippen LogP contribution in [-0.4, -0.2) is 15.7 Å². The van der Waals surface area contributed by atoms with Gasteiger partial charge in [0.25, 0.3) is 5.56 Å². The van der Waals surface area contributed by atoms with Crippen LogP contribution in [0, 0.1) is 13.8 Å². The van der Waals surface area contributed by atoms with E-state index in [0.717, 1.165) is 26.9 Å². The van der Waals surface area contributed by atoms with E-state index >= 15 is 0 Å². The standard InChI is InChI=1S/C20H18BrN3O2/c1-13-4-3-5-17(14(13)2)22-19(25)12-24-20(26)11-10-18(23-24)15-6-8-16(21)9-7-15/h3-11H,12H2,1-2H3,(H,22,25). The maximum atomic E-state index is 12.4. The predicted octanol–water partition coefficient (Wildman–Crippen LogP) is 3.93. The zero-order chi connectivity index (χ0) is 18.7. The number of nitrogens with one attached hydrogen (secondary N) is 1. The molecule has 132 valence electrons. The van der Waals surface area contributed by atoms with Crippen molar-refractivity contribution in [1.82, 2.24) is 9.78 Å². The Bertz CT molecular complexity index is 1010. The van der Waals surface area contributed by atoms with Crippen molar-refractivity contribution in [2.75, 3.05) is 5.32 Å². The van der Waals surface area contributed by atoms with Crippen LogP contribution >= 0.6 is 15.9 Å². The Labute approximate surface area is 159 Å². The van der Waals surface area contributed by atoms with Gasteiger partial charge in [0.05, 0.1) is 5.69 Å². The van der Waals surface area contributed by atoms with E-state index in [9.17, 15) is 9.59 Å². The first kappa shape index (κ1) is 18.1. The van der Waals surface area contributed by atoms with Gasteiger partial charge >= 0.3 is 0 Å². The van der Waals surface area contributed by atoms with Gasteiger partial charge in [0.2, 0.25) is 5.91 Å². The molecule has 0 unspecified atom stereocenters. The van der Waals surface area contributed by atoms with Crippen LogP contribution in [0.4, 0.5) is 5.69 Å². The van der Waals surface area contributed by atoms with Crippen LogP contribution < -0.4 is 10.9 Å². The third-order valence-corrected chi connectivity index (χ3v) is 4.71. The number of aromatic nitrogens is 2. The summed E-state index contributed by atoms with van der Waals surface area (Å²) in [4.78, 5) is 24.5. The maximum Gasteiger partial charge on any atom is 0.267 e. The predicted molar refractivity (Wildman–Crippen MR) is 106 cm³/mol. The number of anilines is 1. The zero-order valence-corrected chi connectivity index (χ0v) is 16.1. The quantitative estimate of drug-likeness (QED) is 0.707. The average Bonchev–Trinajstić information content (AvgIpc) is 2.62. The first-order valence-electron chi connectivity index (χ1n) is 8.14. The van der Waals surface area contributed by atoms with Crippen molar-refractivity contribution < 1.29 is 4.79 Å². The van der Waals surface area contributed by atoms with E-state index in [2.05, 4.69) is 26.3 Å². The van der Waals surface area contributed by atoms with Crippen molar-refractivity contribution in [2.24, 2.45) is 0 Å². The number of rotatable bonds is 4. The molecule has 0 atom stereocenters. The first-order chi connectivity index (χ1) is 12.4. The van der Waals surface area contributed by atoms with Crippen LogP contribution in [0.2, 0.25) is 0 Å². The largest absolute Gasteiger partial charge is 0.324 e. The van der Waals surface area contributed by atoms with Gasteiger partial charge in [0.1, 0.15) is 6.54 Å². The Hall–Kier alpha value is -2.73. The van der Waals surface area contributed by atoms with Gasteiger partial charge in [-0.1, -0.05) is 40.2 Å². The summed E-state index contributed by atoms with van der Waals surface area (Å²) in [5, 5.41) is 7.17. The van der Waals surface area contributed by atoms with E-state index in [4.69, 9.17) is 0 Å². The van der Waals surface area contributed by atoms with Gasteiger partial charge < -0.3 is 5.32 Å². The molecule has 5 nitrogen and oxygen atoms in total. The van der Waals surface area contributed by atoms with E-state index in [1.807, 2.05) is 56.3 Å². The number of hydrogen-bond acceptors (Lipinski definition) is 3. The number of amides is 1. The molecule has 0 radical (unpaired) electrons. The summed E-state index contributed by atoms with van der Waals surface area (Å²) in [5.41, 5.74) is 4.03. The summed E-state index contributed by atoms with van der Waals surface area (Å²) in [5.74, 6) is -0.291. The molecule has 1 amide bonds. The Morgan fingerprint density at radius 3 is 2.54 bits per heavy atom. The summed E-state index contributed by atoms with van der Waals surface area (Å²) in [7, 11) is 0. The number of carbonyl (C=O) groups is 1. The molecule has 1 N–H and O–H groups in total. The van der Waals surface area contributed by atoms with Gasteiger partial charge in [0.15, 0.2) is 0 Å².